The van der Waals surface area contributed by atoms with Gasteiger partial charge in [-0.2, -0.15) is 0 Å². The average molecular weight is 223 g/mol. The van der Waals surface area contributed by atoms with E-state index in [-0.39, 0.29) is 0 Å². The van der Waals surface area contributed by atoms with Gasteiger partial charge in [-0.15, -0.1) is 0 Å². The third-order valence-electron chi connectivity index (χ3n) is 4.73. The van der Waals surface area contributed by atoms with E-state index in [2.05, 4.69) is 19.2 Å². The van der Waals surface area contributed by atoms with E-state index in [0.717, 1.165) is 23.8 Å². The topological polar surface area (TPSA) is 12.0 Å². The second-order valence-corrected chi connectivity index (χ2v) is 6.08. The summed E-state index contributed by atoms with van der Waals surface area (Å²) in [6.45, 7) is 6.03. The van der Waals surface area contributed by atoms with Gasteiger partial charge in [-0.3, -0.25) is 0 Å². The van der Waals surface area contributed by atoms with Gasteiger partial charge >= 0.3 is 0 Å². The van der Waals surface area contributed by atoms with E-state index in [1.807, 2.05) is 0 Å². The Balaban J connectivity index is 1.78. The summed E-state index contributed by atoms with van der Waals surface area (Å²) in [6, 6.07) is 0.895. The van der Waals surface area contributed by atoms with Crippen molar-refractivity contribution in [2.75, 3.05) is 6.54 Å². The van der Waals surface area contributed by atoms with Gasteiger partial charge in [0.1, 0.15) is 0 Å². The molecule has 0 saturated heterocycles. The third-order valence-corrected chi connectivity index (χ3v) is 4.73. The molecular formula is C15H29N. The fraction of sp³-hybridized carbons (Fsp3) is 1.00. The normalized spacial score (nSPS) is 35.2. The first-order valence-corrected chi connectivity index (χ1v) is 7.56. The van der Waals surface area contributed by atoms with Crippen LogP contribution >= 0.6 is 0 Å². The van der Waals surface area contributed by atoms with E-state index in [9.17, 15) is 0 Å². The van der Waals surface area contributed by atoms with Crippen LogP contribution in [0.5, 0.6) is 0 Å². The molecule has 2 rings (SSSR count). The SMILES string of the molecule is CCCC1CC(CC)CCC1CNC1CC1. The van der Waals surface area contributed by atoms with Crippen LogP contribution in [0.2, 0.25) is 0 Å². The summed E-state index contributed by atoms with van der Waals surface area (Å²) in [5.74, 6) is 3.05. The number of nitrogens with one attached hydrogen (secondary N) is 1. The average Bonchev–Trinajstić information content (AvgIpc) is 3.11. The summed E-state index contributed by atoms with van der Waals surface area (Å²) in [6.07, 6.45) is 11.6. The minimum atomic E-state index is 0.895. The second-order valence-electron chi connectivity index (χ2n) is 6.08. The Morgan fingerprint density at radius 3 is 2.44 bits per heavy atom. The quantitative estimate of drug-likeness (QED) is 0.718. The molecule has 0 aromatic heterocycles. The van der Waals surface area contributed by atoms with Crippen molar-refractivity contribution < 1.29 is 0 Å². The molecule has 3 unspecified atom stereocenters. The van der Waals surface area contributed by atoms with Crippen LogP contribution in [0.1, 0.15) is 65.2 Å². The zero-order chi connectivity index (χ0) is 11.4. The third kappa shape index (κ3) is 3.48. The van der Waals surface area contributed by atoms with Crippen molar-refractivity contribution in [3.05, 3.63) is 0 Å². The first kappa shape index (κ1) is 12.4. The summed E-state index contributed by atoms with van der Waals surface area (Å²) in [5.41, 5.74) is 0. The maximum Gasteiger partial charge on any atom is 0.00683 e. The van der Waals surface area contributed by atoms with Crippen LogP contribution in [-0.2, 0) is 0 Å². The van der Waals surface area contributed by atoms with Gasteiger partial charge in [0.25, 0.3) is 0 Å². The summed E-state index contributed by atoms with van der Waals surface area (Å²) < 4.78 is 0. The lowest BCUT2D eigenvalue weighted by Gasteiger charge is -2.36. The highest BCUT2D eigenvalue weighted by Crippen LogP contribution is 2.38. The van der Waals surface area contributed by atoms with E-state index in [1.54, 1.807) is 0 Å². The molecule has 0 aromatic rings. The van der Waals surface area contributed by atoms with Crippen LogP contribution in [0, 0.1) is 17.8 Å². The standard InChI is InChI=1S/C15H29N/c1-3-5-13-10-12(4-2)6-7-14(13)11-16-15-8-9-15/h12-16H,3-11H2,1-2H3. The van der Waals surface area contributed by atoms with E-state index in [0.29, 0.717) is 0 Å². The van der Waals surface area contributed by atoms with Gasteiger partial charge in [-0.05, 0) is 50.0 Å². The zero-order valence-corrected chi connectivity index (χ0v) is 11.2. The smallest absolute Gasteiger partial charge is 0.00683 e. The molecule has 1 heteroatoms. The van der Waals surface area contributed by atoms with Crippen molar-refractivity contribution in [2.45, 2.75) is 71.3 Å². The molecule has 0 heterocycles. The summed E-state index contributed by atoms with van der Waals surface area (Å²) in [4.78, 5) is 0. The van der Waals surface area contributed by atoms with Crippen molar-refractivity contribution >= 4 is 0 Å². The molecule has 94 valence electrons. The molecule has 0 aromatic carbocycles. The van der Waals surface area contributed by atoms with E-state index in [4.69, 9.17) is 0 Å². The highest BCUT2D eigenvalue weighted by Gasteiger charge is 2.30. The largest absolute Gasteiger partial charge is 0.314 e. The molecule has 0 amide bonds. The number of hydrogen-bond acceptors (Lipinski definition) is 1. The van der Waals surface area contributed by atoms with Crippen molar-refractivity contribution in [3.8, 4) is 0 Å². The molecule has 1 N–H and O–H groups in total. The lowest BCUT2D eigenvalue weighted by Crippen LogP contribution is -2.34. The Hall–Kier alpha value is -0.0400. The monoisotopic (exact) mass is 223 g/mol. The summed E-state index contributed by atoms with van der Waals surface area (Å²) in [5, 5.41) is 3.75. The molecule has 0 radical (unpaired) electrons. The molecule has 0 spiro atoms. The predicted molar refractivity (Wildman–Crippen MR) is 70.5 cm³/mol. The van der Waals surface area contributed by atoms with Gasteiger partial charge in [-0.1, -0.05) is 39.5 Å². The van der Waals surface area contributed by atoms with Gasteiger partial charge in [0.05, 0.1) is 0 Å². The maximum absolute atomic E-state index is 3.75. The van der Waals surface area contributed by atoms with E-state index in [1.165, 1.54) is 57.9 Å². The molecule has 2 aliphatic rings. The van der Waals surface area contributed by atoms with Gasteiger partial charge in [0, 0.05) is 6.04 Å². The van der Waals surface area contributed by atoms with Crippen molar-refractivity contribution in [3.63, 3.8) is 0 Å². The van der Waals surface area contributed by atoms with Gasteiger partial charge in [0.15, 0.2) is 0 Å². The van der Waals surface area contributed by atoms with Crippen LogP contribution < -0.4 is 5.32 Å². The Labute approximate surface area is 101 Å². The van der Waals surface area contributed by atoms with Crippen LogP contribution in [0.15, 0.2) is 0 Å². The fourth-order valence-corrected chi connectivity index (χ4v) is 3.39. The molecule has 2 aliphatic carbocycles. The highest BCUT2D eigenvalue weighted by molar-refractivity contribution is 4.86. The lowest BCUT2D eigenvalue weighted by atomic mass is 9.71. The molecule has 3 atom stereocenters. The van der Waals surface area contributed by atoms with Crippen LogP contribution in [-0.4, -0.2) is 12.6 Å². The summed E-state index contributed by atoms with van der Waals surface area (Å²) in [7, 11) is 0. The van der Waals surface area contributed by atoms with Crippen molar-refractivity contribution in [1.29, 1.82) is 0 Å². The fourth-order valence-electron chi connectivity index (χ4n) is 3.39. The first-order chi connectivity index (χ1) is 7.83. The molecule has 1 nitrogen and oxygen atoms in total. The second kappa shape index (κ2) is 6.05. The number of hydrogen-bond donors (Lipinski definition) is 1. The summed E-state index contributed by atoms with van der Waals surface area (Å²) >= 11 is 0. The molecule has 2 fully saturated rings. The van der Waals surface area contributed by atoms with E-state index < -0.39 is 0 Å². The predicted octanol–water partition coefficient (Wildman–Crippen LogP) is 3.98. The first-order valence-electron chi connectivity index (χ1n) is 7.56. The minimum absolute atomic E-state index is 0.895. The Morgan fingerprint density at radius 2 is 1.81 bits per heavy atom. The molecule has 16 heavy (non-hydrogen) atoms. The minimum Gasteiger partial charge on any atom is -0.314 e. The van der Waals surface area contributed by atoms with E-state index >= 15 is 0 Å². The Kier molecular flexibility index (Phi) is 4.69. The molecular weight excluding hydrogens is 194 g/mol. The maximum atomic E-state index is 3.75. The van der Waals surface area contributed by atoms with Crippen LogP contribution in [0.4, 0.5) is 0 Å². The Morgan fingerprint density at radius 1 is 1.00 bits per heavy atom. The lowest BCUT2D eigenvalue weighted by molar-refractivity contribution is 0.162. The molecule has 0 bridgehead atoms. The molecule has 2 saturated carbocycles. The number of rotatable bonds is 6. The van der Waals surface area contributed by atoms with Gasteiger partial charge in [0.2, 0.25) is 0 Å². The van der Waals surface area contributed by atoms with Gasteiger partial charge < -0.3 is 5.32 Å². The zero-order valence-electron chi connectivity index (χ0n) is 11.2. The Bertz CT molecular complexity index is 198. The van der Waals surface area contributed by atoms with Gasteiger partial charge in [-0.25, -0.2) is 0 Å². The van der Waals surface area contributed by atoms with Crippen molar-refractivity contribution in [1.82, 2.24) is 5.32 Å². The van der Waals surface area contributed by atoms with Crippen LogP contribution in [0.3, 0.4) is 0 Å². The van der Waals surface area contributed by atoms with Crippen LogP contribution in [0.25, 0.3) is 0 Å². The highest BCUT2D eigenvalue weighted by atomic mass is 14.9. The molecule has 0 aliphatic heterocycles. The van der Waals surface area contributed by atoms with Crippen molar-refractivity contribution in [2.24, 2.45) is 17.8 Å².